The number of hydrogen-bond donors (Lipinski definition) is 1. The third-order valence-corrected chi connectivity index (χ3v) is 4.28. The molecule has 1 aromatic heterocycles. The largest absolute Gasteiger partial charge is 0.378 e. The molecule has 3 rings (SSSR count). The zero-order valence-electron chi connectivity index (χ0n) is 12.9. The smallest absolute Gasteiger partial charge is 0.232 e. The van der Waals surface area contributed by atoms with E-state index in [1.807, 2.05) is 7.05 Å². The Labute approximate surface area is 125 Å². The van der Waals surface area contributed by atoms with Gasteiger partial charge in [-0.25, -0.2) is 0 Å². The van der Waals surface area contributed by atoms with E-state index in [4.69, 9.17) is 4.74 Å². The van der Waals surface area contributed by atoms with Crippen molar-refractivity contribution in [1.29, 1.82) is 0 Å². The van der Waals surface area contributed by atoms with Crippen molar-refractivity contribution in [2.24, 2.45) is 5.92 Å². The third-order valence-electron chi connectivity index (χ3n) is 4.28. The Bertz CT molecular complexity index is 477. The average molecular weight is 292 g/mol. The SMILES string of the molecule is CCC1CCN(c2nc(NC)nc(N3CCOCC3)n2)C1. The van der Waals surface area contributed by atoms with Crippen molar-refractivity contribution in [3.63, 3.8) is 0 Å². The highest BCUT2D eigenvalue weighted by molar-refractivity contribution is 5.45. The molecule has 0 bridgehead atoms. The van der Waals surface area contributed by atoms with E-state index in [0.29, 0.717) is 5.95 Å². The van der Waals surface area contributed by atoms with Crippen molar-refractivity contribution < 1.29 is 4.74 Å². The van der Waals surface area contributed by atoms with Gasteiger partial charge in [0.25, 0.3) is 0 Å². The van der Waals surface area contributed by atoms with E-state index in [-0.39, 0.29) is 0 Å². The van der Waals surface area contributed by atoms with Crippen LogP contribution in [0.1, 0.15) is 19.8 Å². The van der Waals surface area contributed by atoms with E-state index in [0.717, 1.165) is 57.2 Å². The Balaban J connectivity index is 1.82. The van der Waals surface area contributed by atoms with Gasteiger partial charge < -0.3 is 19.9 Å². The first-order valence-electron chi connectivity index (χ1n) is 7.81. The van der Waals surface area contributed by atoms with E-state index in [2.05, 4.69) is 37.0 Å². The second-order valence-corrected chi connectivity index (χ2v) is 5.62. The van der Waals surface area contributed by atoms with Crippen molar-refractivity contribution in [3.05, 3.63) is 0 Å². The maximum atomic E-state index is 5.40. The van der Waals surface area contributed by atoms with Crippen LogP contribution in [-0.2, 0) is 4.74 Å². The molecule has 7 heteroatoms. The summed E-state index contributed by atoms with van der Waals surface area (Å²) in [6.45, 7) is 7.48. The summed E-state index contributed by atoms with van der Waals surface area (Å²) < 4.78 is 5.40. The van der Waals surface area contributed by atoms with Crippen LogP contribution >= 0.6 is 0 Å². The first-order chi connectivity index (χ1) is 10.3. The number of ether oxygens (including phenoxy) is 1. The van der Waals surface area contributed by atoms with Gasteiger partial charge in [0.05, 0.1) is 13.2 Å². The summed E-state index contributed by atoms with van der Waals surface area (Å²) in [4.78, 5) is 18.2. The van der Waals surface area contributed by atoms with Gasteiger partial charge in [-0.15, -0.1) is 0 Å². The molecule has 0 aliphatic carbocycles. The number of morpholine rings is 1. The van der Waals surface area contributed by atoms with Crippen LogP contribution in [0.2, 0.25) is 0 Å². The molecular weight excluding hydrogens is 268 g/mol. The zero-order chi connectivity index (χ0) is 14.7. The average Bonchev–Trinajstić information content (AvgIpc) is 3.04. The second kappa shape index (κ2) is 6.43. The second-order valence-electron chi connectivity index (χ2n) is 5.62. The molecule has 0 saturated carbocycles. The van der Waals surface area contributed by atoms with E-state index >= 15 is 0 Å². The molecule has 7 nitrogen and oxygen atoms in total. The number of anilines is 3. The minimum absolute atomic E-state index is 0.640. The van der Waals surface area contributed by atoms with Crippen LogP contribution in [0.3, 0.4) is 0 Å². The number of rotatable bonds is 4. The van der Waals surface area contributed by atoms with Crippen molar-refractivity contribution in [2.45, 2.75) is 19.8 Å². The Morgan fingerprint density at radius 1 is 1.10 bits per heavy atom. The lowest BCUT2D eigenvalue weighted by molar-refractivity contribution is 0.122. The van der Waals surface area contributed by atoms with Gasteiger partial charge in [-0.2, -0.15) is 15.0 Å². The van der Waals surface area contributed by atoms with Gasteiger partial charge in [-0.3, -0.25) is 0 Å². The molecule has 0 radical (unpaired) electrons. The van der Waals surface area contributed by atoms with Gasteiger partial charge in [-0.05, 0) is 12.3 Å². The van der Waals surface area contributed by atoms with E-state index in [9.17, 15) is 0 Å². The van der Waals surface area contributed by atoms with Crippen LogP contribution < -0.4 is 15.1 Å². The van der Waals surface area contributed by atoms with Gasteiger partial charge in [-0.1, -0.05) is 13.3 Å². The van der Waals surface area contributed by atoms with Crippen molar-refractivity contribution >= 4 is 17.8 Å². The molecule has 21 heavy (non-hydrogen) atoms. The summed E-state index contributed by atoms with van der Waals surface area (Å²) in [5.74, 6) is 2.95. The summed E-state index contributed by atoms with van der Waals surface area (Å²) in [7, 11) is 1.85. The fraction of sp³-hybridized carbons (Fsp3) is 0.786. The minimum Gasteiger partial charge on any atom is -0.378 e. The van der Waals surface area contributed by atoms with Crippen LogP contribution in [0.5, 0.6) is 0 Å². The highest BCUT2D eigenvalue weighted by atomic mass is 16.5. The Hall–Kier alpha value is -1.63. The Kier molecular flexibility index (Phi) is 4.38. The van der Waals surface area contributed by atoms with E-state index < -0.39 is 0 Å². The number of aromatic nitrogens is 3. The first kappa shape index (κ1) is 14.3. The van der Waals surface area contributed by atoms with Crippen molar-refractivity contribution in [1.82, 2.24) is 15.0 Å². The lowest BCUT2D eigenvalue weighted by atomic mass is 10.1. The summed E-state index contributed by atoms with van der Waals surface area (Å²) in [5.41, 5.74) is 0. The molecule has 0 amide bonds. The topological polar surface area (TPSA) is 66.4 Å². The van der Waals surface area contributed by atoms with Crippen LogP contribution in [0.15, 0.2) is 0 Å². The highest BCUT2D eigenvalue weighted by Crippen LogP contribution is 2.25. The zero-order valence-corrected chi connectivity index (χ0v) is 12.9. The number of hydrogen-bond acceptors (Lipinski definition) is 7. The normalized spacial score (nSPS) is 22.7. The van der Waals surface area contributed by atoms with Gasteiger partial charge in [0.15, 0.2) is 0 Å². The predicted molar refractivity (Wildman–Crippen MR) is 83.0 cm³/mol. The quantitative estimate of drug-likeness (QED) is 0.887. The standard InChI is InChI=1S/C14H24N6O/c1-3-11-4-5-20(10-11)14-17-12(15-2)16-13(18-14)19-6-8-21-9-7-19/h11H,3-10H2,1-2H3,(H,15,16,17,18). The molecule has 2 aliphatic rings. The highest BCUT2D eigenvalue weighted by Gasteiger charge is 2.25. The fourth-order valence-electron chi connectivity index (χ4n) is 2.86. The Morgan fingerprint density at radius 3 is 2.43 bits per heavy atom. The number of nitrogens with one attached hydrogen (secondary N) is 1. The van der Waals surface area contributed by atoms with Gasteiger partial charge >= 0.3 is 0 Å². The van der Waals surface area contributed by atoms with Gasteiger partial charge in [0.2, 0.25) is 17.8 Å². The molecule has 2 saturated heterocycles. The number of nitrogens with zero attached hydrogens (tertiary/aromatic N) is 5. The summed E-state index contributed by atoms with van der Waals surface area (Å²) >= 11 is 0. The Morgan fingerprint density at radius 2 is 1.81 bits per heavy atom. The molecule has 3 heterocycles. The predicted octanol–water partition coefficient (Wildman–Crippen LogP) is 0.986. The lowest BCUT2D eigenvalue weighted by Gasteiger charge is -2.27. The monoisotopic (exact) mass is 292 g/mol. The first-order valence-corrected chi connectivity index (χ1v) is 7.81. The third kappa shape index (κ3) is 3.18. The van der Waals surface area contributed by atoms with Crippen LogP contribution in [0.4, 0.5) is 17.8 Å². The summed E-state index contributed by atoms with van der Waals surface area (Å²) in [6, 6.07) is 0. The maximum absolute atomic E-state index is 5.40. The molecule has 116 valence electrons. The van der Waals surface area contributed by atoms with E-state index in [1.54, 1.807) is 0 Å². The van der Waals surface area contributed by atoms with E-state index in [1.165, 1.54) is 12.8 Å². The summed E-state index contributed by atoms with van der Waals surface area (Å²) in [6.07, 6.45) is 2.45. The van der Waals surface area contributed by atoms with Crippen molar-refractivity contribution in [2.75, 3.05) is 61.6 Å². The lowest BCUT2D eigenvalue weighted by Crippen LogP contribution is -2.38. The molecular formula is C14H24N6O. The summed E-state index contributed by atoms with van der Waals surface area (Å²) in [5, 5.41) is 3.05. The van der Waals surface area contributed by atoms with Crippen LogP contribution in [0.25, 0.3) is 0 Å². The molecule has 2 aliphatic heterocycles. The van der Waals surface area contributed by atoms with Crippen LogP contribution in [-0.4, -0.2) is 61.4 Å². The van der Waals surface area contributed by atoms with Gasteiger partial charge in [0, 0.05) is 33.2 Å². The molecule has 1 atom stereocenters. The molecule has 0 spiro atoms. The molecule has 1 N–H and O–H groups in total. The minimum atomic E-state index is 0.640. The molecule has 1 unspecified atom stereocenters. The van der Waals surface area contributed by atoms with Crippen molar-refractivity contribution in [3.8, 4) is 0 Å². The fourth-order valence-corrected chi connectivity index (χ4v) is 2.86. The maximum Gasteiger partial charge on any atom is 0.232 e. The molecule has 1 aromatic rings. The molecule has 2 fully saturated rings. The molecule has 0 aromatic carbocycles. The van der Waals surface area contributed by atoms with Gasteiger partial charge in [0.1, 0.15) is 0 Å². The van der Waals surface area contributed by atoms with Crippen LogP contribution in [0, 0.1) is 5.92 Å².